The summed E-state index contributed by atoms with van der Waals surface area (Å²) >= 11 is 3.61. The van der Waals surface area contributed by atoms with Gasteiger partial charge in [-0.15, -0.1) is 22.7 Å². The Kier molecular flexibility index (Phi) is 5.70. The fourth-order valence-electron chi connectivity index (χ4n) is 7.72. The van der Waals surface area contributed by atoms with E-state index < -0.39 is 0 Å². The van der Waals surface area contributed by atoms with Crippen molar-refractivity contribution in [1.82, 2.24) is 14.5 Å². The Morgan fingerprint density at radius 2 is 1.04 bits per heavy atom. The first-order chi connectivity index (χ1) is 24.3. The predicted octanol–water partition coefficient (Wildman–Crippen LogP) is 12.8. The van der Waals surface area contributed by atoms with Gasteiger partial charge in [0.05, 0.1) is 16.7 Å². The maximum absolute atomic E-state index is 5.58. The number of para-hydroxylation sites is 1. The molecule has 11 aromatic rings. The number of rotatable bonds is 3. The lowest BCUT2D eigenvalue weighted by Gasteiger charge is -2.12. The molecular weight excluding hydrogens is 635 g/mol. The maximum Gasteiger partial charge on any atom is 0.236 e. The Morgan fingerprint density at radius 3 is 1.86 bits per heavy atom. The fourth-order valence-corrected chi connectivity index (χ4v) is 10.0. The molecule has 49 heavy (non-hydrogen) atoms. The van der Waals surface area contributed by atoms with Crippen LogP contribution in [0, 0.1) is 0 Å². The standard InChI is InChI=1S/C44H25N3S2/c1-2-13-26(14-3-1)27-15-12-16-28(25-27)40-38-32-20-7-11-24-36(32)49-43(38)46-44(45-40)47-34-22-9-6-19-31(34)37-29-17-4-5-18-30(29)42-39(41(37)47)33-21-8-10-23-35(33)48-42/h1-25H. The van der Waals surface area contributed by atoms with Gasteiger partial charge in [-0.2, -0.15) is 0 Å². The number of thiophene rings is 2. The molecule has 0 atom stereocenters. The van der Waals surface area contributed by atoms with E-state index in [2.05, 4.69) is 156 Å². The van der Waals surface area contributed by atoms with Crippen molar-refractivity contribution in [1.29, 1.82) is 0 Å². The highest BCUT2D eigenvalue weighted by Crippen LogP contribution is 2.48. The summed E-state index contributed by atoms with van der Waals surface area (Å²) in [5.74, 6) is 0.692. The minimum absolute atomic E-state index is 0.692. The Bertz CT molecular complexity index is 3110. The second kappa shape index (κ2) is 10.3. The van der Waals surface area contributed by atoms with E-state index in [1.54, 1.807) is 11.3 Å². The number of benzene rings is 7. The number of aromatic nitrogens is 3. The van der Waals surface area contributed by atoms with E-state index in [1.165, 1.54) is 62.9 Å². The number of hydrogen-bond donors (Lipinski definition) is 0. The predicted molar refractivity (Wildman–Crippen MR) is 211 cm³/mol. The van der Waals surface area contributed by atoms with Gasteiger partial charge in [0.1, 0.15) is 4.83 Å². The lowest BCUT2D eigenvalue weighted by atomic mass is 10.00. The van der Waals surface area contributed by atoms with Gasteiger partial charge in [-0.05, 0) is 40.8 Å². The second-order valence-electron chi connectivity index (χ2n) is 12.5. The molecule has 0 radical (unpaired) electrons. The lowest BCUT2D eigenvalue weighted by Crippen LogP contribution is -2.03. The molecule has 3 nitrogen and oxygen atoms in total. The molecule has 0 N–H and O–H groups in total. The van der Waals surface area contributed by atoms with E-state index in [0.29, 0.717) is 5.95 Å². The zero-order valence-electron chi connectivity index (χ0n) is 26.1. The number of nitrogens with zero attached hydrogens (tertiary/aromatic N) is 3. The van der Waals surface area contributed by atoms with Crippen LogP contribution in [0.25, 0.3) is 101 Å². The SMILES string of the molecule is c1ccc(-c2cccc(-c3nc(-n4c5ccccc5c5c6ccccc6c6sc7ccccc7c6c54)nc4sc5ccccc5c34)c2)cc1. The minimum Gasteiger partial charge on any atom is -0.277 e. The van der Waals surface area contributed by atoms with Crippen LogP contribution in [0.15, 0.2) is 152 Å². The molecule has 0 unspecified atom stereocenters. The maximum atomic E-state index is 5.58. The molecule has 228 valence electrons. The zero-order chi connectivity index (χ0) is 32.1. The van der Waals surface area contributed by atoms with Crippen molar-refractivity contribution in [2.45, 2.75) is 0 Å². The second-order valence-corrected chi connectivity index (χ2v) is 14.6. The molecule has 0 aliphatic carbocycles. The lowest BCUT2D eigenvalue weighted by molar-refractivity contribution is 1.02. The third-order valence-corrected chi connectivity index (χ3v) is 12.1. The largest absolute Gasteiger partial charge is 0.277 e. The minimum atomic E-state index is 0.692. The van der Waals surface area contributed by atoms with Gasteiger partial charge in [0, 0.05) is 57.4 Å². The van der Waals surface area contributed by atoms with E-state index in [9.17, 15) is 0 Å². The van der Waals surface area contributed by atoms with Crippen LogP contribution in [0.3, 0.4) is 0 Å². The molecule has 4 heterocycles. The third-order valence-electron chi connectivity index (χ3n) is 9.82. The van der Waals surface area contributed by atoms with E-state index in [0.717, 1.165) is 32.5 Å². The molecule has 0 aliphatic rings. The van der Waals surface area contributed by atoms with Crippen LogP contribution in [0.2, 0.25) is 0 Å². The molecule has 5 heteroatoms. The molecule has 0 fully saturated rings. The first-order valence-corrected chi connectivity index (χ1v) is 18.1. The van der Waals surface area contributed by atoms with Gasteiger partial charge < -0.3 is 0 Å². The molecule has 11 rings (SSSR count). The van der Waals surface area contributed by atoms with Crippen molar-refractivity contribution in [2.24, 2.45) is 0 Å². The molecule has 0 amide bonds. The van der Waals surface area contributed by atoms with Crippen LogP contribution in [-0.2, 0) is 0 Å². The zero-order valence-corrected chi connectivity index (χ0v) is 27.7. The van der Waals surface area contributed by atoms with E-state index >= 15 is 0 Å². The normalized spacial score (nSPS) is 12.1. The Morgan fingerprint density at radius 1 is 0.429 bits per heavy atom. The summed E-state index contributed by atoms with van der Waals surface area (Å²) in [4.78, 5) is 12.0. The Labute approximate surface area is 289 Å². The molecule has 0 saturated carbocycles. The van der Waals surface area contributed by atoms with Gasteiger partial charge in [0.15, 0.2) is 0 Å². The van der Waals surface area contributed by atoms with Crippen LogP contribution in [0.5, 0.6) is 0 Å². The van der Waals surface area contributed by atoms with E-state index in [-0.39, 0.29) is 0 Å². The molecule has 0 bridgehead atoms. The smallest absolute Gasteiger partial charge is 0.236 e. The highest BCUT2D eigenvalue weighted by molar-refractivity contribution is 7.27. The molecule has 0 spiro atoms. The molecule has 0 aliphatic heterocycles. The monoisotopic (exact) mass is 659 g/mol. The van der Waals surface area contributed by atoms with Gasteiger partial charge >= 0.3 is 0 Å². The van der Waals surface area contributed by atoms with Gasteiger partial charge in [-0.3, -0.25) is 4.57 Å². The fraction of sp³-hybridized carbons (Fsp3) is 0. The first-order valence-electron chi connectivity index (χ1n) is 16.4. The van der Waals surface area contributed by atoms with Gasteiger partial charge in [0.25, 0.3) is 0 Å². The van der Waals surface area contributed by atoms with Crippen LogP contribution in [0.4, 0.5) is 0 Å². The average molecular weight is 660 g/mol. The van der Waals surface area contributed by atoms with Crippen molar-refractivity contribution >= 4 is 95.7 Å². The first kappa shape index (κ1) is 27.1. The van der Waals surface area contributed by atoms with Crippen molar-refractivity contribution in [2.75, 3.05) is 0 Å². The summed E-state index contributed by atoms with van der Waals surface area (Å²) in [7, 11) is 0. The quantitative estimate of drug-likeness (QED) is 0.189. The molecule has 4 aromatic heterocycles. The van der Waals surface area contributed by atoms with Crippen LogP contribution < -0.4 is 0 Å². The highest BCUT2D eigenvalue weighted by Gasteiger charge is 2.24. The van der Waals surface area contributed by atoms with Crippen LogP contribution in [0.1, 0.15) is 0 Å². The Hall–Kier alpha value is -5.88. The van der Waals surface area contributed by atoms with Gasteiger partial charge in [-0.1, -0.05) is 127 Å². The van der Waals surface area contributed by atoms with Crippen molar-refractivity contribution in [3.63, 3.8) is 0 Å². The topological polar surface area (TPSA) is 30.7 Å². The van der Waals surface area contributed by atoms with E-state index in [1.807, 2.05) is 11.3 Å². The summed E-state index contributed by atoms with van der Waals surface area (Å²) in [5.41, 5.74) is 6.66. The molecular formula is C44H25N3S2. The highest BCUT2D eigenvalue weighted by atomic mass is 32.1. The van der Waals surface area contributed by atoms with Gasteiger partial charge in [-0.25, -0.2) is 9.97 Å². The van der Waals surface area contributed by atoms with Crippen molar-refractivity contribution < 1.29 is 0 Å². The number of hydrogen-bond acceptors (Lipinski definition) is 4. The third kappa shape index (κ3) is 3.88. The summed E-state index contributed by atoms with van der Waals surface area (Å²) in [6.07, 6.45) is 0. The van der Waals surface area contributed by atoms with Gasteiger partial charge in [0.2, 0.25) is 5.95 Å². The summed E-state index contributed by atoms with van der Waals surface area (Å²) in [5, 5.41) is 9.81. The van der Waals surface area contributed by atoms with Crippen molar-refractivity contribution in [3.8, 4) is 28.3 Å². The summed E-state index contributed by atoms with van der Waals surface area (Å²) < 4.78 is 6.13. The van der Waals surface area contributed by atoms with Crippen molar-refractivity contribution in [3.05, 3.63) is 152 Å². The van der Waals surface area contributed by atoms with Crippen LogP contribution in [-0.4, -0.2) is 14.5 Å². The van der Waals surface area contributed by atoms with Crippen LogP contribution >= 0.6 is 22.7 Å². The molecule has 0 saturated heterocycles. The number of fused-ring (bicyclic) bond motifs is 13. The van der Waals surface area contributed by atoms with E-state index in [4.69, 9.17) is 9.97 Å². The average Bonchev–Trinajstić information content (AvgIpc) is 3.85. The summed E-state index contributed by atoms with van der Waals surface area (Å²) in [6.45, 7) is 0. The summed E-state index contributed by atoms with van der Waals surface area (Å²) in [6, 6.07) is 54.4. The Balaban J connectivity index is 1.32. The molecule has 7 aromatic carbocycles.